The van der Waals surface area contributed by atoms with Crippen molar-refractivity contribution in [2.24, 2.45) is 0 Å². The standard InChI is InChI=1S/C25H33N3O3/c1-3-21(19-10-6-4-7-11-19)25(30)27-20-12-13-23(28-15-8-5-9-16-28)22(18-20)24(29)26-14-17-31-2/h4,6-7,10-13,18,21H,3,5,8-9,14-17H2,1-2H3,(H,26,29)(H,27,30). The molecule has 2 N–H and O–H groups in total. The lowest BCUT2D eigenvalue weighted by Gasteiger charge is -2.30. The van der Waals surface area contributed by atoms with E-state index < -0.39 is 0 Å². The van der Waals surface area contributed by atoms with E-state index in [9.17, 15) is 9.59 Å². The summed E-state index contributed by atoms with van der Waals surface area (Å²) in [4.78, 5) is 28.2. The number of carbonyl (C=O) groups excluding carboxylic acids is 2. The van der Waals surface area contributed by atoms with Crippen LogP contribution in [-0.2, 0) is 9.53 Å². The second-order valence-electron chi connectivity index (χ2n) is 7.89. The minimum Gasteiger partial charge on any atom is -0.383 e. The van der Waals surface area contributed by atoms with Crippen LogP contribution in [0.1, 0.15) is 54.4 Å². The van der Waals surface area contributed by atoms with Crippen LogP contribution in [0.25, 0.3) is 0 Å². The van der Waals surface area contributed by atoms with Crippen molar-refractivity contribution >= 4 is 23.2 Å². The fourth-order valence-corrected chi connectivity index (χ4v) is 4.06. The number of amides is 2. The zero-order valence-electron chi connectivity index (χ0n) is 18.5. The molecule has 31 heavy (non-hydrogen) atoms. The van der Waals surface area contributed by atoms with E-state index >= 15 is 0 Å². The van der Waals surface area contributed by atoms with Crippen molar-refractivity contribution in [3.05, 3.63) is 59.7 Å². The normalized spacial score (nSPS) is 14.7. The van der Waals surface area contributed by atoms with E-state index in [0.717, 1.165) is 37.2 Å². The molecule has 0 aliphatic carbocycles. The lowest BCUT2D eigenvalue weighted by atomic mass is 9.95. The topological polar surface area (TPSA) is 70.7 Å². The highest BCUT2D eigenvalue weighted by atomic mass is 16.5. The second kappa shape index (κ2) is 11.5. The van der Waals surface area contributed by atoms with E-state index in [1.807, 2.05) is 49.4 Å². The summed E-state index contributed by atoms with van der Waals surface area (Å²) in [7, 11) is 1.61. The van der Waals surface area contributed by atoms with Crippen molar-refractivity contribution in [2.75, 3.05) is 43.6 Å². The number of rotatable bonds is 9. The molecule has 1 saturated heterocycles. The van der Waals surface area contributed by atoms with Crippen LogP contribution in [0.2, 0.25) is 0 Å². The van der Waals surface area contributed by atoms with E-state index in [2.05, 4.69) is 15.5 Å². The van der Waals surface area contributed by atoms with Gasteiger partial charge in [0.2, 0.25) is 5.91 Å². The quantitative estimate of drug-likeness (QED) is 0.594. The Kier molecular flexibility index (Phi) is 8.47. The average molecular weight is 424 g/mol. The predicted molar refractivity (Wildman–Crippen MR) is 125 cm³/mol. The molecule has 1 atom stereocenters. The van der Waals surface area contributed by atoms with Gasteiger partial charge in [-0.1, -0.05) is 37.3 Å². The largest absolute Gasteiger partial charge is 0.383 e. The van der Waals surface area contributed by atoms with Gasteiger partial charge in [-0.15, -0.1) is 0 Å². The van der Waals surface area contributed by atoms with E-state index in [1.165, 1.54) is 6.42 Å². The first-order valence-corrected chi connectivity index (χ1v) is 11.2. The van der Waals surface area contributed by atoms with Crippen LogP contribution in [0.15, 0.2) is 48.5 Å². The van der Waals surface area contributed by atoms with Crippen molar-refractivity contribution in [1.29, 1.82) is 0 Å². The van der Waals surface area contributed by atoms with Crippen LogP contribution in [0.5, 0.6) is 0 Å². The third kappa shape index (κ3) is 6.07. The van der Waals surface area contributed by atoms with Gasteiger partial charge in [0.05, 0.1) is 18.1 Å². The van der Waals surface area contributed by atoms with E-state index in [1.54, 1.807) is 13.2 Å². The highest BCUT2D eigenvalue weighted by Crippen LogP contribution is 2.28. The maximum atomic E-state index is 13.0. The monoisotopic (exact) mass is 423 g/mol. The smallest absolute Gasteiger partial charge is 0.253 e. The first-order chi connectivity index (χ1) is 15.1. The third-order valence-corrected chi connectivity index (χ3v) is 5.72. The summed E-state index contributed by atoms with van der Waals surface area (Å²) >= 11 is 0. The van der Waals surface area contributed by atoms with Gasteiger partial charge in [0.1, 0.15) is 0 Å². The van der Waals surface area contributed by atoms with Crippen molar-refractivity contribution < 1.29 is 14.3 Å². The number of anilines is 2. The Labute approximate surface area is 185 Å². The molecule has 2 amide bonds. The highest BCUT2D eigenvalue weighted by molar-refractivity contribution is 6.02. The maximum absolute atomic E-state index is 13.0. The van der Waals surface area contributed by atoms with Crippen LogP contribution in [0.4, 0.5) is 11.4 Å². The number of methoxy groups -OCH3 is 1. The van der Waals surface area contributed by atoms with Crippen molar-refractivity contribution in [2.45, 2.75) is 38.5 Å². The summed E-state index contributed by atoms with van der Waals surface area (Å²) < 4.78 is 5.05. The molecule has 166 valence electrons. The van der Waals surface area contributed by atoms with E-state index in [4.69, 9.17) is 4.74 Å². The molecule has 1 aliphatic heterocycles. The fourth-order valence-electron chi connectivity index (χ4n) is 4.06. The predicted octanol–water partition coefficient (Wildman–Crippen LogP) is 4.19. The molecule has 6 nitrogen and oxygen atoms in total. The minimum atomic E-state index is -0.234. The number of benzene rings is 2. The first-order valence-electron chi connectivity index (χ1n) is 11.2. The third-order valence-electron chi connectivity index (χ3n) is 5.72. The molecular formula is C25H33N3O3. The Balaban J connectivity index is 1.82. The number of hydrogen-bond donors (Lipinski definition) is 2. The summed E-state index contributed by atoms with van der Waals surface area (Å²) in [6.07, 6.45) is 4.17. The fraction of sp³-hybridized carbons (Fsp3) is 0.440. The van der Waals surface area contributed by atoms with E-state index in [-0.39, 0.29) is 17.7 Å². The molecule has 1 aliphatic rings. The van der Waals surface area contributed by atoms with Gasteiger partial charge in [-0.05, 0) is 49.4 Å². The zero-order chi connectivity index (χ0) is 22.1. The van der Waals surface area contributed by atoms with Crippen molar-refractivity contribution in [3.63, 3.8) is 0 Å². The molecule has 1 unspecified atom stereocenters. The Hall–Kier alpha value is -2.86. The number of piperidine rings is 1. The summed E-state index contributed by atoms with van der Waals surface area (Å²) in [5.41, 5.74) is 3.13. The highest BCUT2D eigenvalue weighted by Gasteiger charge is 2.22. The molecule has 0 aromatic heterocycles. The van der Waals surface area contributed by atoms with Gasteiger partial charge < -0.3 is 20.3 Å². The molecule has 1 fully saturated rings. The molecule has 2 aromatic carbocycles. The SMILES string of the molecule is CCC(C(=O)Nc1ccc(N2CCCCC2)c(C(=O)NCCOC)c1)c1ccccc1. The summed E-state index contributed by atoms with van der Waals surface area (Å²) in [6.45, 7) is 4.78. The Bertz CT molecular complexity index is 864. The van der Waals surface area contributed by atoms with Crippen molar-refractivity contribution in [1.82, 2.24) is 5.32 Å². The Morgan fingerprint density at radius 3 is 2.48 bits per heavy atom. The van der Waals surface area contributed by atoms with E-state index in [0.29, 0.717) is 30.8 Å². The number of ether oxygens (including phenoxy) is 1. The summed E-state index contributed by atoms with van der Waals surface area (Å²) in [6, 6.07) is 15.4. The van der Waals surface area contributed by atoms with Gasteiger partial charge in [-0.2, -0.15) is 0 Å². The van der Waals surface area contributed by atoms with Gasteiger partial charge in [0.15, 0.2) is 0 Å². The van der Waals surface area contributed by atoms with Gasteiger partial charge in [0.25, 0.3) is 5.91 Å². The number of hydrogen-bond acceptors (Lipinski definition) is 4. The van der Waals surface area contributed by atoms with Crippen LogP contribution < -0.4 is 15.5 Å². The average Bonchev–Trinajstić information content (AvgIpc) is 2.81. The Morgan fingerprint density at radius 1 is 1.06 bits per heavy atom. The van der Waals surface area contributed by atoms with Gasteiger partial charge in [-0.25, -0.2) is 0 Å². The maximum Gasteiger partial charge on any atom is 0.253 e. The molecule has 0 saturated carbocycles. The zero-order valence-corrected chi connectivity index (χ0v) is 18.5. The van der Waals surface area contributed by atoms with Crippen LogP contribution >= 0.6 is 0 Å². The number of nitrogens with one attached hydrogen (secondary N) is 2. The van der Waals surface area contributed by atoms with Crippen LogP contribution in [0.3, 0.4) is 0 Å². The molecule has 6 heteroatoms. The first kappa shape index (κ1) is 22.8. The van der Waals surface area contributed by atoms with Crippen molar-refractivity contribution in [3.8, 4) is 0 Å². The molecule has 3 rings (SSSR count). The van der Waals surface area contributed by atoms with Crippen LogP contribution in [0, 0.1) is 0 Å². The molecule has 0 bridgehead atoms. The number of carbonyl (C=O) groups is 2. The summed E-state index contributed by atoms with van der Waals surface area (Å²) in [5.74, 6) is -0.448. The number of nitrogens with zero attached hydrogens (tertiary/aromatic N) is 1. The molecule has 1 heterocycles. The molecule has 0 radical (unpaired) electrons. The lowest BCUT2D eigenvalue weighted by Crippen LogP contribution is -2.33. The Morgan fingerprint density at radius 2 is 1.81 bits per heavy atom. The molecular weight excluding hydrogens is 390 g/mol. The van der Waals surface area contributed by atoms with Gasteiger partial charge in [0, 0.05) is 38.1 Å². The molecule has 0 spiro atoms. The van der Waals surface area contributed by atoms with Gasteiger partial charge >= 0.3 is 0 Å². The summed E-state index contributed by atoms with van der Waals surface area (Å²) in [5, 5.41) is 5.94. The minimum absolute atomic E-state index is 0.0647. The van der Waals surface area contributed by atoms with Crippen LogP contribution in [-0.4, -0.2) is 45.2 Å². The second-order valence-corrected chi connectivity index (χ2v) is 7.89. The lowest BCUT2D eigenvalue weighted by molar-refractivity contribution is -0.117. The molecule has 2 aromatic rings. The van der Waals surface area contributed by atoms with Gasteiger partial charge in [-0.3, -0.25) is 9.59 Å².